The summed E-state index contributed by atoms with van der Waals surface area (Å²) < 4.78 is 5.62. The van der Waals surface area contributed by atoms with Crippen LogP contribution in [0.4, 0.5) is 0 Å². The molecule has 0 aromatic heterocycles. The number of allylic oxidation sites excluding steroid dienone is 1. The van der Waals surface area contributed by atoms with E-state index in [-0.39, 0.29) is 0 Å². The minimum Gasteiger partial charge on any atom is -0.439 e. The number of hydrogen-bond donors (Lipinski definition) is 1. The molecule has 0 amide bonds. The molecule has 4 nitrogen and oxygen atoms in total. The fraction of sp³-hybridized carbons (Fsp3) is 0.250. The van der Waals surface area contributed by atoms with Crippen molar-refractivity contribution in [3.63, 3.8) is 0 Å². The number of likely N-dealkylation sites (N-methyl/N-ethyl adjacent to an activating group) is 1. The van der Waals surface area contributed by atoms with Crippen molar-refractivity contribution in [3.8, 4) is 11.8 Å². The molecule has 0 spiro atoms. The molecule has 104 valence electrons. The molecule has 20 heavy (non-hydrogen) atoms. The third-order valence-corrected chi connectivity index (χ3v) is 2.54. The molecule has 0 atom stereocenters. The molecule has 4 heteroatoms. The summed E-state index contributed by atoms with van der Waals surface area (Å²) in [6.45, 7) is 6.17. The van der Waals surface area contributed by atoms with Gasteiger partial charge < -0.3 is 10.1 Å². The molecular weight excluding hydrogens is 250 g/mol. The van der Waals surface area contributed by atoms with Crippen molar-refractivity contribution in [1.82, 2.24) is 5.32 Å². The number of nitrogens with one attached hydrogen (secondary N) is 1. The van der Waals surface area contributed by atoms with E-state index in [0.717, 1.165) is 13.0 Å². The first-order valence-electron chi connectivity index (χ1n) is 6.38. The van der Waals surface area contributed by atoms with E-state index in [1.165, 1.54) is 11.8 Å². The SMILES string of the molecule is C=CN=C(/C=C(\C)C#N)Oc1ccc(CCNC)cc1. The van der Waals surface area contributed by atoms with E-state index in [1.807, 2.05) is 37.4 Å². The van der Waals surface area contributed by atoms with Gasteiger partial charge in [-0.25, -0.2) is 4.99 Å². The van der Waals surface area contributed by atoms with Crippen LogP contribution in [-0.2, 0) is 6.42 Å². The lowest BCUT2D eigenvalue weighted by Gasteiger charge is -2.06. The summed E-state index contributed by atoms with van der Waals surface area (Å²) in [4.78, 5) is 4.00. The van der Waals surface area contributed by atoms with Crippen LogP contribution in [0.3, 0.4) is 0 Å². The zero-order valence-electron chi connectivity index (χ0n) is 11.9. The van der Waals surface area contributed by atoms with Gasteiger partial charge in [-0.15, -0.1) is 0 Å². The maximum absolute atomic E-state index is 8.78. The highest BCUT2D eigenvalue weighted by Gasteiger charge is 2.01. The van der Waals surface area contributed by atoms with Gasteiger partial charge in [0.25, 0.3) is 0 Å². The minimum atomic E-state index is 0.349. The molecule has 1 aromatic rings. The molecule has 0 unspecified atom stereocenters. The van der Waals surface area contributed by atoms with Gasteiger partial charge in [-0.2, -0.15) is 5.26 Å². The van der Waals surface area contributed by atoms with Crippen molar-refractivity contribution < 1.29 is 4.74 Å². The molecule has 0 radical (unpaired) electrons. The lowest BCUT2D eigenvalue weighted by molar-refractivity contribution is 0.555. The minimum absolute atomic E-state index is 0.349. The van der Waals surface area contributed by atoms with Crippen molar-refractivity contribution >= 4 is 5.90 Å². The fourth-order valence-corrected chi connectivity index (χ4v) is 1.51. The zero-order chi connectivity index (χ0) is 14.8. The highest BCUT2D eigenvalue weighted by atomic mass is 16.5. The lowest BCUT2D eigenvalue weighted by atomic mass is 10.1. The Balaban J connectivity index is 2.77. The van der Waals surface area contributed by atoms with E-state index < -0.39 is 0 Å². The maximum Gasteiger partial charge on any atom is 0.220 e. The quantitative estimate of drug-likeness (QED) is 0.491. The molecule has 0 aliphatic carbocycles. The fourth-order valence-electron chi connectivity index (χ4n) is 1.51. The Hall–Kier alpha value is -2.38. The second kappa shape index (κ2) is 8.68. The average Bonchev–Trinajstić information content (AvgIpc) is 2.46. The van der Waals surface area contributed by atoms with Crippen molar-refractivity contribution in [2.45, 2.75) is 13.3 Å². The van der Waals surface area contributed by atoms with Gasteiger partial charge in [0.1, 0.15) is 5.75 Å². The Morgan fingerprint density at radius 3 is 2.70 bits per heavy atom. The molecule has 0 heterocycles. The second-order valence-electron chi connectivity index (χ2n) is 4.19. The summed E-state index contributed by atoms with van der Waals surface area (Å²) in [5.74, 6) is 1.03. The Morgan fingerprint density at radius 1 is 1.45 bits per heavy atom. The van der Waals surface area contributed by atoms with Gasteiger partial charge in [-0.05, 0) is 44.6 Å². The summed E-state index contributed by atoms with van der Waals surface area (Å²) >= 11 is 0. The van der Waals surface area contributed by atoms with Gasteiger partial charge >= 0.3 is 0 Å². The van der Waals surface area contributed by atoms with E-state index in [4.69, 9.17) is 10.00 Å². The van der Waals surface area contributed by atoms with E-state index in [0.29, 0.717) is 17.2 Å². The van der Waals surface area contributed by atoms with Crippen molar-refractivity contribution in [2.24, 2.45) is 4.99 Å². The van der Waals surface area contributed by atoms with Gasteiger partial charge in [0.2, 0.25) is 5.90 Å². The third kappa shape index (κ3) is 5.51. The average molecular weight is 269 g/mol. The lowest BCUT2D eigenvalue weighted by Crippen LogP contribution is -2.10. The number of benzene rings is 1. The number of ether oxygens (including phenoxy) is 1. The number of nitriles is 1. The predicted molar refractivity (Wildman–Crippen MR) is 81.7 cm³/mol. The zero-order valence-corrected chi connectivity index (χ0v) is 11.9. The van der Waals surface area contributed by atoms with Crippen LogP contribution in [0.2, 0.25) is 0 Å². The van der Waals surface area contributed by atoms with E-state index >= 15 is 0 Å². The van der Waals surface area contributed by atoms with Gasteiger partial charge in [-0.3, -0.25) is 0 Å². The molecule has 1 N–H and O–H groups in total. The van der Waals surface area contributed by atoms with Crippen molar-refractivity contribution in [2.75, 3.05) is 13.6 Å². The normalized spacial score (nSPS) is 11.8. The molecule has 0 bridgehead atoms. The van der Waals surface area contributed by atoms with E-state index in [2.05, 4.69) is 16.9 Å². The van der Waals surface area contributed by atoms with Crippen LogP contribution in [0.15, 0.2) is 53.7 Å². The smallest absolute Gasteiger partial charge is 0.220 e. The molecule has 0 aliphatic heterocycles. The van der Waals surface area contributed by atoms with E-state index in [1.54, 1.807) is 13.0 Å². The van der Waals surface area contributed by atoms with Crippen LogP contribution in [0, 0.1) is 11.3 Å². The summed E-state index contributed by atoms with van der Waals surface area (Å²) in [5, 5.41) is 11.9. The Bertz CT molecular complexity index is 536. The van der Waals surface area contributed by atoms with Gasteiger partial charge in [-0.1, -0.05) is 18.7 Å². The Labute approximate surface area is 120 Å². The van der Waals surface area contributed by atoms with Crippen LogP contribution in [0.1, 0.15) is 12.5 Å². The third-order valence-electron chi connectivity index (χ3n) is 2.54. The first kappa shape index (κ1) is 15.7. The molecule has 0 saturated carbocycles. The largest absolute Gasteiger partial charge is 0.439 e. The van der Waals surface area contributed by atoms with Crippen LogP contribution in [-0.4, -0.2) is 19.5 Å². The van der Waals surface area contributed by atoms with Crippen LogP contribution in [0.5, 0.6) is 5.75 Å². The summed E-state index contributed by atoms with van der Waals surface area (Å²) in [5.41, 5.74) is 1.76. The molecule has 0 aliphatic rings. The molecule has 1 aromatic carbocycles. The van der Waals surface area contributed by atoms with Crippen molar-refractivity contribution in [1.29, 1.82) is 5.26 Å². The Morgan fingerprint density at radius 2 is 2.15 bits per heavy atom. The predicted octanol–water partition coefficient (Wildman–Crippen LogP) is 2.84. The number of aliphatic imine (C=N–C) groups is 1. The Kier molecular flexibility index (Phi) is 6.80. The molecule has 0 fully saturated rings. The molecule has 1 rings (SSSR count). The number of nitrogens with zero attached hydrogens (tertiary/aromatic N) is 2. The van der Waals surface area contributed by atoms with Gasteiger partial charge in [0.05, 0.1) is 6.07 Å². The highest BCUT2D eigenvalue weighted by Crippen LogP contribution is 2.13. The molecular formula is C16H19N3O. The monoisotopic (exact) mass is 269 g/mol. The topological polar surface area (TPSA) is 57.4 Å². The summed E-state index contributed by atoms with van der Waals surface area (Å²) in [6.07, 6.45) is 3.94. The highest BCUT2D eigenvalue weighted by molar-refractivity contribution is 5.91. The van der Waals surface area contributed by atoms with Gasteiger partial charge in [0.15, 0.2) is 0 Å². The van der Waals surface area contributed by atoms with Crippen LogP contribution < -0.4 is 10.1 Å². The van der Waals surface area contributed by atoms with Crippen LogP contribution in [0.25, 0.3) is 0 Å². The first-order chi connectivity index (χ1) is 9.69. The van der Waals surface area contributed by atoms with Crippen LogP contribution >= 0.6 is 0 Å². The van der Waals surface area contributed by atoms with Gasteiger partial charge in [0, 0.05) is 17.8 Å². The summed E-state index contributed by atoms with van der Waals surface area (Å²) in [7, 11) is 1.93. The van der Waals surface area contributed by atoms with E-state index in [9.17, 15) is 0 Å². The first-order valence-corrected chi connectivity index (χ1v) is 6.38. The molecule has 0 saturated heterocycles. The number of hydrogen-bond acceptors (Lipinski definition) is 4. The second-order valence-corrected chi connectivity index (χ2v) is 4.19. The summed E-state index contributed by atoms with van der Waals surface area (Å²) in [6, 6.07) is 9.83. The standard InChI is InChI=1S/C16H19N3O/c1-4-19-16(11-13(2)12-17)20-15-7-5-14(6-8-15)9-10-18-3/h4-8,11,18H,1,9-10H2,2-3H3/b13-11+,19-16?. The number of rotatable bonds is 6. The maximum atomic E-state index is 8.78. The van der Waals surface area contributed by atoms with Crippen molar-refractivity contribution in [3.05, 3.63) is 54.3 Å².